The summed E-state index contributed by atoms with van der Waals surface area (Å²) in [5, 5.41) is 13.7. The molecule has 0 spiro atoms. The number of hydrogen-bond donors (Lipinski definition) is 2. The molecule has 1 amide bonds. The molecule has 0 aromatic heterocycles. The van der Waals surface area contributed by atoms with Crippen LogP contribution in [0.15, 0.2) is 82.4 Å². The normalized spacial score (nSPS) is 10.7. The molecule has 2 N–H and O–H groups in total. The Balaban J connectivity index is 1.60. The average Bonchev–Trinajstić information content (AvgIpc) is 2.69. The Morgan fingerprint density at radius 1 is 1.07 bits per heavy atom. The molecule has 5 nitrogen and oxygen atoms in total. The van der Waals surface area contributed by atoms with E-state index < -0.39 is 5.91 Å². The van der Waals surface area contributed by atoms with E-state index >= 15 is 0 Å². The summed E-state index contributed by atoms with van der Waals surface area (Å²) in [7, 11) is 0. The zero-order valence-corrected chi connectivity index (χ0v) is 15.9. The molecule has 0 saturated heterocycles. The predicted molar refractivity (Wildman–Crippen MR) is 108 cm³/mol. The third-order valence-electron chi connectivity index (χ3n) is 3.69. The van der Waals surface area contributed by atoms with E-state index in [9.17, 15) is 9.90 Å². The summed E-state index contributed by atoms with van der Waals surface area (Å²) < 4.78 is 6.46. The molecule has 0 saturated carbocycles. The zero-order chi connectivity index (χ0) is 19.1. The van der Waals surface area contributed by atoms with E-state index in [4.69, 9.17) is 4.74 Å². The summed E-state index contributed by atoms with van der Waals surface area (Å²) in [6.45, 7) is 0.473. The molecule has 0 bridgehead atoms. The van der Waals surface area contributed by atoms with Gasteiger partial charge < -0.3 is 9.84 Å². The van der Waals surface area contributed by atoms with Crippen molar-refractivity contribution in [1.29, 1.82) is 0 Å². The summed E-state index contributed by atoms with van der Waals surface area (Å²) in [6.07, 6.45) is 1.52. The van der Waals surface area contributed by atoms with Crippen LogP contribution in [0.4, 0.5) is 0 Å². The number of halogens is 1. The number of rotatable bonds is 6. The number of nitrogens with zero attached hydrogens (tertiary/aromatic N) is 1. The number of carbonyl (C=O) groups is 1. The maximum atomic E-state index is 12.1. The first kappa shape index (κ1) is 18.7. The van der Waals surface area contributed by atoms with Crippen LogP contribution in [0.25, 0.3) is 0 Å². The second kappa shape index (κ2) is 9.00. The topological polar surface area (TPSA) is 70.9 Å². The number of amides is 1. The predicted octanol–water partition coefficient (Wildman–Crippen LogP) is 4.50. The lowest BCUT2D eigenvalue weighted by molar-refractivity contribution is 0.0952. The van der Waals surface area contributed by atoms with Gasteiger partial charge in [-0.25, -0.2) is 5.43 Å². The van der Waals surface area contributed by atoms with Crippen LogP contribution in [0.5, 0.6) is 11.5 Å². The first-order chi connectivity index (χ1) is 13.1. The Labute approximate surface area is 165 Å². The van der Waals surface area contributed by atoms with Crippen LogP contribution >= 0.6 is 15.9 Å². The Morgan fingerprint density at radius 2 is 1.89 bits per heavy atom. The molecule has 3 aromatic carbocycles. The van der Waals surface area contributed by atoms with Crippen LogP contribution in [0, 0.1) is 0 Å². The number of benzene rings is 3. The van der Waals surface area contributed by atoms with Gasteiger partial charge in [-0.1, -0.05) is 58.4 Å². The molecule has 6 heteroatoms. The van der Waals surface area contributed by atoms with Crippen LogP contribution in [0.3, 0.4) is 0 Å². The second-order valence-electron chi connectivity index (χ2n) is 5.71. The van der Waals surface area contributed by atoms with Gasteiger partial charge in [0.05, 0.1) is 11.8 Å². The zero-order valence-electron chi connectivity index (χ0n) is 14.3. The fraction of sp³-hybridized carbons (Fsp3) is 0.0476. The third kappa shape index (κ3) is 5.43. The number of carbonyl (C=O) groups excluding carboxylic acids is 1. The average molecular weight is 425 g/mol. The van der Waals surface area contributed by atoms with Gasteiger partial charge in [-0.2, -0.15) is 5.10 Å². The summed E-state index contributed by atoms with van der Waals surface area (Å²) in [5.74, 6) is 0.0995. The molecule has 3 rings (SSSR count). The first-order valence-corrected chi connectivity index (χ1v) is 9.00. The van der Waals surface area contributed by atoms with Crippen LogP contribution in [-0.2, 0) is 6.61 Å². The maximum Gasteiger partial charge on any atom is 0.275 e. The fourth-order valence-corrected chi connectivity index (χ4v) is 2.70. The van der Waals surface area contributed by atoms with Gasteiger partial charge in [0.1, 0.15) is 18.1 Å². The van der Waals surface area contributed by atoms with Crippen molar-refractivity contribution in [3.05, 3.63) is 94.0 Å². The molecule has 0 aliphatic rings. The van der Waals surface area contributed by atoms with Crippen LogP contribution < -0.4 is 10.2 Å². The fourth-order valence-electron chi connectivity index (χ4n) is 2.34. The van der Waals surface area contributed by atoms with Crippen LogP contribution in [-0.4, -0.2) is 17.2 Å². The van der Waals surface area contributed by atoms with E-state index in [1.54, 1.807) is 6.07 Å². The molecular formula is C21H17BrN2O3. The smallest absolute Gasteiger partial charge is 0.275 e. The third-order valence-corrected chi connectivity index (χ3v) is 4.18. The molecule has 27 heavy (non-hydrogen) atoms. The van der Waals surface area contributed by atoms with E-state index in [0.29, 0.717) is 16.8 Å². The highest BCUT2D eigenvalue weighted by molar-refractivity contribution is 9.10. The number of phenolic OH excluding ortho intramolecular Hbond substituents is 1. The Kier molecular flexibility index (Phi) is 6.22. The van der Waals surface area contributed by atoms with Crippen LogP contribution in [0.1, 0.15) is 21.5 Å². The van der Waals surface area contributed by atoms with Crippen LogP contribution in [0.2, 0.25) is 0 Å². The Hall–Kier alpha value is -3.12. The van der Waals surface area contributed by atoms with E-state index in [2.05, 4.69) is 26.5 Å². The summed E-state index contributed by atoms with van der Waals surface area (Å²) >= 11 is 3.27. The SMILES string of the molecule is O=C(N/N=C/c1cccc(OCc2ccccc2)c1)c1cc(Br)ccc1O. The van der Waals surface area contributed by atoms with Gasteiger partial charge in [0.25, 0.3) is 5.91 Å². The molecule has 0 unspecified atom stereocenters. The molecule has 136 valence electrons. The Morgan fingerprint density at radius 3 is 2.70 bits per heavy atom. The van der Waals surface area contributed by atoms with Gasteiger partial charge in [0.2, 0.25) is 0 Å². The van der Waals surface area contributed by atoms with Crippen molar-refractivity contribution in [2.45, 2.75) is 6.61 Å². The molecule has 3 aromatic rings. The Bertz CT molecular complexity index is 959. The minimum Gasteiger partial charge on any atom is -0.507 e. The monoisotopic (exact) mass is 424 g/mol. The van der Waals surface area contributed by atoms with E-state index in [1.165, 1.54) is 18.3 Å². The second-order valence-corrected chi connectivity index (χ2v) is 6.62. The summed E-state index contributed by atoms with van der Waals surface area (Å²) in [4.78, 5) is 12.1. The lowest BCUT2D eigenvalue weighted by Gasteiger charge is -2.07. The molecule has 0 atom stereocenters. The minimum absolute atomic E-state index is 0.109. The number of nitrogens with one attached hydrogen (secondary N) is 1. The highest BCUT2D eigenvalue weighted by Crippen LogP contribution is 2.21. The number of ether oxygens (including phenoxy) is 1. The van der Waals surface area contributed by atoms with Crippen molar-refractivity contribution >= 4 is 28.1 Å². The van der Waals surface area contributed by atoms with E-state index in [-0.39, 0.29) is 11.3 Å². The van der Waals surface area contributed by atoms with Gasteiger partial charge >= 0.3 is 0 Å². The molecular weight excluding hydrogens is 408 g/mol. The van der Waals surface area contributed by atoms with Crippen molar-refractivity contribution in [3.8, 4) is 11.5 Å². The number of phenols is 1. The van der Waals surface area contributed by atoms with E-state index in [0.717, 1.165) is 11.1 Å². The van der Waals surface area contributed by atoms with Crippen molar-refractivity contribution in [3.63, 3.8) is 0 Å². The first-order valence-electron chi connectivity index (χ1n) is 8.20. The van der Waals surface area contributed by atoms with Gasteiger partial charge in [-0.15, -0.1) is 0 Å². The maximum absolute atomic E-state index is 12.1. The highest BCUT2D eigenvalue weighted by atomic mass is 79.9. The molecule has 0 heterocycles. The van der Waals surface area contributed by atoms with Crippen molar-refractivity contribution < 1.29 is 14.6 Å². The van der Waals surface area contributed by atoms with Gasteiger partial charge in [-0.3, -0.25) is 4.79 Å². The minimum atomic E-state index is -0.499. The van der Waals surface area contributed by atoms with Crippen molar-refractivity contribution in [2.24, 2.45) is 5.10 Å². The number of hydrogen-bond acceptors (Lipinski definition) is 4. The van der Waals surface area contributed by atoms with Crippen molar-refractivity contribution in [1.82, 2.24) is 5.43 Å². The van der Waals surface area contributed by atoms with Gasteiger partial charge in [-0.05, 0) is 41.5 Å². The lowest BCUT2D eigenvalue weighted by atomic mass is 10.2. The quantitative estimate of drug-likeness (QED) is 0.452. The summed E-state index contributed by atoms with van der Waals surface area (Å²) in [6, 6.07) is 21.9. The molecule has 0 aliphatic heterocycles. The number of aromatic hydroxyl groups is 1. The number of hydrazone groups is 1. The largest absolute Gasteiger partial charge is 0.507 e. The standard InChI is InChI=1S/C21H17BrN2O3/c22-17-9-10-20(25)19(12-17)21(26)24-23-13-16-7-4-8-18(11-16)27-14-15-5-2-1-3-6-15/h1-13,25H,14H2,(H,24,26)/b23-13+. The molecule has 0 fully saturated rings. The molecule has 0 radical (unpaired) electrons. The van der Waals surface area contributed by atoms with Gasteiger partial charge in [0, 0.05) is 4.47 Å². The molecule has 0 aliphatic carbocycles. The highest BCUT2D eigenvalue weighted by Gasteiger charge is 2.10. The van der Waals surface area contributed by atoms with Gasteiger partial charge in [0.15, 0.2) is 0 Å². The van der Waals surface area contributed by atoms with Crippen molar-refractivity contribution in [2.75, 3.05) is 0 Å². The lowest BCUT2D eigenvalue weighted by Crippen LogP contribution is -2.17. The summed E-state index contributed by atoms with van der Waals surface area (Å²) in [5.41, 5.74) is 4.40. The van der Waals surface area contributed by atoms with E-state index in [1.807, 2.05) is 54.6 Å².